The molecule has 0 saturated carbocycles. The molecule has 176 valence electrons. The highest BCUT2D eigenvalue weighted by Crippen LogP contribution is 2.38. The van der Waals surface area contributed by atoms with Crippen LogP contribution in [0.5, 0.6) is 11.5 Å². The number of benzene rings is 2. The van der Waals surface area contributed by atoms with Crippen LogP contribution in [-0.4, -0.2) is 41.8 Å². The Morgan fingerprint density at radius 1 is 1.18 bits per heavy atom. The molecule has 0 aliphatic carbocycles. The number of esters is 1. The number of halogens is 1. The van der Waals surface area contributed by atoms with Crippen molar-refractivity contribution in [2.24, 2.45) is 0 Å². The summed E-state index contributed by atoms with van der Waals surface area (Å²) in [7, 11) is 0. The zero-order valence-electron chi connectivity index (χ0n) is 18.5. The molecule has 3 rings (SSSR count). The van der Waals surface area contributed by atoms with Crippen LogP contribution >= 0.6 is 34.4 Å². The number of rotatable bonds is 9. The molecule has 1 aliphatic heterocycles. The Hall–Kier alpha value is -3.04. The van der Waals surface area contributed by atoms with Crippen LogP contribution in [0.2, 0.25) is 0 Å². The van der Waals surface area contributed by atoms with Crippen LogP contribution in [0.15, 0.2) is 41.3 Å². The van der Waals surface area contributed by atoms with Gasteiger partial charge in [0, 0.05) is 5.56 Å². The van der Waals surface area contributed by atoms with Gasteiger partial charge in [-0.25, -0.2) is 0 Å². The Balaban J connectivity index is 1.84. The third-order valence-electron chi connectivity index (χ3n) is 4.61. The van der Waals surface area contributed by atoms with Gasteiger partial charge in [0.1, 0.15) is 13.2 Å². The zero-order valence-corrected chi connectivity index (χ0v) is 21.5. The summed E-state index contributed by atoms with van der Waals surface area (Å²) in [5.74, 6) is -0.202. The lowest BCUT2D eigenvalue weighted by Gasteiger charge is -2.15. The van der Waals surface area contributed by atoms with Crippen molar-refractivity contribution in [1.29, 1.82) is 5.26 Å². The number of hydrogen-bond acceptors (Lipinski definition) is 8. The van der Waals surface area contributed by atoms with Gasteiger partial charge in [-0.15, -0.1) is 0 Å². The summed E-state index contributed by atoms with van der Waals surface area (Å²) in [6, 6.07) is 12.9. The smallest absolute Gasteiger partial charge is 0.326 e. The van der Waals surface area contributed by atoms with E-state index in [9.17, 15) is 19.6 Å². The van der Waals surface area contributed by atoms with Gasteiger partial charge in [0.25, 0.3) is 11.1 Å². The van der Waals surface area contributed by atoms with Crippen molar-refractivity contribution in [2.45, 2.75) is 20.5 Å². The summed E-state index contributed by atoms with van der Waals surface area (Å²) in [6.45, 7) is 3.81. The Labute approximate surface area is 215 Å². The summed E-state index contributed by atoms with van der Waals surface area (Å²) in [5, 5.41) is 8.77. The molecule has 1 aliphatic rings. The standard InChI is InChI=1S/C24H21IN2O6S/c1-3-31-19-10-15(11-20-23(29)27(24(30)34-20)13-21(28)32-4-2)9-18(25)22(19)33-14-17-8-6-5-7-16(17)12-26/h5-11H,3-4,13-14H2,1-2H3/b20-11+. The molecule has 8 nitrogen and oxygen atoms in total. The summed E-state index contributed by atoms with van der Waals surface area (Å²) >= 11 is 2.87. The first-order valence-corrected chi connectivity index (χ1v) is 12.3. The first-order valence-electron chi connectivity index (χ1n) is 10.4. The number of imide groups is 1. The predicted molar refractivity (Wildman–Crippen MR) is 135 cm³/mol. The number of nitriles is 1. The van der Waals surface area contributed by atoms with Gasteiger partial charge in [-0.1, -0.05) is 18.2 Å². The SMILES string of the molecule is CCOC(=O)CN1C(=O)S/C(=C/c2cc(I)c(OCc3ccccc3C#N)c(OCC)c2)C1=O. The minimum absolute atomic E-state index is 0.167. The summed E-state index contributed by atoms with van der Waals surface area (Å²) < 4.78 is 17.3. The molecule has 0 atom stereocenters. The maximum atomic E-state index is 12.7. The molecule has 0 unspecified atom stereocenters. The third kappa shape index (κ3) is 6.09. The second kappa shape index (κ2) is 11.9. The second-order valence-corrected chi connectivity index (χ2v) is 9.05. The average Bonchev–Trinajstić information content (AvgIpc) is 3.06. The topological polar surface area (TPSA) is 106 Å². The van der Waals surface area contributed by atoms with E-state index in [2.05, 4.69) is 28.7 Å². The van der Waals surface area contributed by atoms with Gasteiger partial charge in [0.2, 0.25) is 0 Å². The normalized spacial score (nSPS) is 14.3. The Morgan fingerprint density at radius 2 is 1.94 bits per heavy atom. The van der Waals surface area contributed by atoms with Crippen LogP contribution < -0.4 is 9.47 Å². The Bertz CT molecular complexity index is 1190. The monoisotopic (exact) mass is 592 g/mol. The van der Waals surface area contributed by atoms with Crippen LogP contribution in [0.25, 0.3) is 6.08 Å². The molecule has 0 aromatic heterocycles. The molecule has 2 aromatic carbocycles. The van der Waals surface area contributed by atoms with Crippen LogP contribution in [0.3, 0.4) is 0 Å². The highest BCUT2D eigenvalue weighted by Gasteiger charge is 2.36. The van der Waals surface area contributed by atoms with Gasteiger partial charge in [-0.3, -0.25) is 19.3 Å². The molecule has 1 fully saturated rings. The largest absolute Gasteiger partial charge is 0.490 e. The molecule has 1 heterocycles. The molecule has 34 heavy (non-hydrogen) atoms. The molecule has 0 spiro atoms. The van der Waals surface area contributed by atoms with Gasteiger partial charge < -0.3 is 14.2 Å². The fraction of sp³-hybridized carbons (Fsp3) is 0.250. The van der Waals surface area contributed by atoms with E-state index in [0.29, 0.717) is 29.2 Å². The molecule has 2 amide bonds. The number of ether oxygens (including phenoxy) is 3. The van der Waals surface area contributed by atoms with Gasteiger partial charge in [0.15, 0.2) is 11.5 Å². The third-order valence-corrected chi connectivity index (χ3v) is 6.31. The lowest BCUT2D eigenvalue weighted by molar-refractivity contribution is -0.145. The van der Waals surface area contributed by atoms with E-state index < -0.39 is 23.7 Å². The molecular formula is C24H21IN2O6S. The first-order chi connectivity index (χ1) is 16.4. The molecular weight excluding hydrogens is 571 g/mol. The molecule has 0 bridgehead atoms. The number of carbonyl (C=O) groups is 3. The lowest BCUT2D eigenvalue weighted by atomic mass is 10.1. The van der Waals surface area contributed by atoms with E-state index >= 15 is 0 Å². The van der Waals surface area contributed by atoms with Crippen LogP contribution in [0.4, 0.5) is 4.79 Å². The highest BCUT2D eigenvalue weighted by molar-refractivity contribution is 14.1. The van der Waals surface area contributed by atoms with E-state index in [1.54, 1.807) is 37.3 Å². The van der Waals surface area contributed by atoms with E-state index in [1.807, 2.05) is 19.1 Å². The molecule has 10 heteroatoms. The average molecular weight is 592 g/mol. The number of thioether (sulfide) groups is 1. The highest BCUT2D eigenvalue weighted by atomic mass is 127. The number of nitrogens with zero attached hydrogens (tertiary/aromatic N) is 2. The van der Waals surface area contributed by atoms with Crippen molar-refractivity contribution in [3.05, 3.63) is 61.6 Å². The minimum Gasteiger partial charge on any atom is -0.490 e. The van der Waals surface area contributed by atoms with E-state index in [1.165, 1.54) is 0 Å². The van der Waals surface area contributed by atoms with E-state index in [0.717, 1.165) is 25.8 Å². The summed E-state index contributed by atoms with van der Waals surface area (Å²) in [5.41, 5.74) is 1.92. The summed E-state index contributed by atoms with van der Waals surface area (Å²) in [6.07, 6.45) is 1.58. The Morgan fingerprint density at radius 3 is 2.65 bits per heavy atom. The number of carbonyl (C=O) groups excluding carboxylic acids is 3. The van der Waals surface area contributed by atoms with Gasteiger partial charge in [-0.05, 0) is 78.0 Å². The van der Waals surface area contributed by atoms with Crippen molar-refractivity contribution in [1.82, 2.24) is 4.90 Å². The Kier molecular flexibility index (Phi) is 8.95. The van der Waals surface area contributed by atoms with Crippen LogP contribution in [0.1, 0.15) is 30.5 Å². The van der Waals surface area contributed by atoms with Crippen molar-refractivity contribution in [3.8, 4) is 17.6 Å². The molecule has 0 radical (unpaired) electrons. The van der Waals surface area contributed by atoms with Gasteiger partial charge >= 0.3 is 5.97 Å². The maximum Gasteiger partial charge on any atom is 0.326 e. The molecule has 0 N–H and O–H groups in total. The van der Waals surface area contributed by atoms with Crippen LogP contribution in [0, 0.1) is 14.9 Å². The van der Waals surface area contributed by atoms with Gasteiger partial charge in [-0.2, -0.15) is 5.26 Å². The van der Waals surface area contributed by atoms with E-state index in [4.69, 9.17) is 14.2 Å². The maximum absolute atomic E-state index is 12.7. The minimum atomic E-state index is -0.640. The fourth-order valence-corrected chi connectivity index (χ4v) is 4.72. The van der Waals surface area contributed by atoms with Crippen LogP contribution in [-0.2, 0) is 20.9 Å². The molecule has 2 aromatic rings. The van der Waals surface area contributed by atoms with Crippen molar-refractivity contribution < 1.29 is 28.6 Å². The lowest BCUT2D eigenvalue weighted by Crippen LogP contribution is -2.34. The number of hydrogen-bond donors (Lipinski definition) is 0. The van der Waals surface area contributed by atoms with Gasteiger partial charge in [0.05, 0.1) is 33.3 Å². The first kappa shape index (κ1) is 25.6. The van der Waals surface area contributed by atoms with Crippen molar-refractivity contribution in [2.75, 3.05) is 19.8 Å². The second-order valence-electron chi connectivity index (χ2n) is 6.89. The predicted octanol–water partition coefficient (Wildman–Crippen LogP) is 4.74. The molecule has 1 saturated heterocycles. The number of amides is 2. The quantitative estimate of drug-likeness (QED) is 0.234. The zero-order chi connectivity index (χ0) is 24.7. The van der Waals surface area contributed by atoms with Crippen molar-refractivity contribution >= 4 is 57.5 Å². The van der Waals surface area contributed by atoms with Crippen molar-refractivity contribution in [3.63, 3.8) is 0 Å². The fourth-order valence-electron chi connectivity index (χ4n) is 3.10. The summed E-state index contributed by atoms with van der Waals surface area (Å²) in [4.78, 5) is 37.7. The van der Waals surface area contributed by atoms with E-state index in [-0.39, 0.29) is 18.1 Å².